The van der Waals surface area contributed by atoms with Crippen molar-refractivity contribution in [3.63, 3.8) is 0 Å². The van der Waals surface area contributed by atoms with Gasteiger partial charge in [0.1, 0.15) is 18.4 Å². The minimum absolute atomic E-state index is 0.00605. The Bertz CT molecular complexity index is 1780. The van der Waals surface area contributed by atoms with Gasteiger partial charge >= 0.3 is 5.97 Å². The van der Waals surface area contributed by atoms with Crippen molar-refractivity contribution >= 4 is 45.1 Å². The van der Waals surface area contributed by atoms with Crippen LogP contribution in [-0.2, 0) is 42.1 Å². The molecule has 11 nitrogen and oxygen atoms in total. The Morgan fingerprint density at radius 3 is 2.63 bits per heavy atom. The van der Waals surface area contributed by atoms with Crippen LogP contribution in [0.3, 0.4) is 0 Å². The number of aryl methyl sites for hydroxylation is 1. The molecular weight excluding hydrogens is 694 g/mol. The number of allylic oxidation sites excluding steroid dienone is 1. The molecule has 6 atom stereocenters. The first-order valence-corrected chi connectivity index (χ1v) is 19.9. The van der Waals surface area contributed by atoms with Crippen LogP contribution < -0.4 is 19.7 Å². The van der Waals surface area contributed by atoms with Crippen molar-refractivity contribution < 1.29 is 37.0 Å². The third-order valence-electron chi connectivity index (χ3n) is 11.3. The number of carbonyl (C=O) groups is 3. The lowest BCUT2D eigenvalue weighted by molar-refractivity contribution is -0.143. The first-order valence-electron chi connectivity index (χ1n) is 17.9. The molecule has 3 aliphatic heterocycles. The smallest absolute Gasteiger partial charge is 0.328 e. The van der Waals surface area contributed by atoms with Crippen molar-refractivity contribution in [2.24, 2.45) is 17.8 Å². The number of sulfonamides is 1. The van der Waals surface area contributed by atoms with Crippen molar-refractivity contribution in [2.75, 3.05) is 31.7 Å². The van der Waals surface area contributed by atoms with Crippen molar-refractivity contribution in [3.05, 3.63) is 70.3 Å². The Morgan fingerprint density at radius 1 is 1.08 bits per heavy atom. The highest BCUT2D eigenvalue weighted by molar-refractivity contribution is 7.90. The number of ether oxygens (including phenoxy) is 3. The Balaban J connectivity index is 1.38. The molecule has 51 heavy (non-hydrogen) atoms. The van der Waals surface area contributed by atoms with Crippen LogP contribution in [0.5, 0.6) is 5.75 Å². The molecule has 6 rings (SSSR count). The summed E-state index contributed by atoms with van der Waals surface area (Å²) in [6.45, 7) is 5.25. The number of hydrogen-bond donors (Lipinski definition) is 2. The van der Waals surface area contributed by atoms with Crippen LogP contribution in [0.15, 0.2) is 48.6 Å². The summed E-state index contributed by atoms with van der Waals surface area (Å²) < 4.78 is 47.1. The molecule has 0 spiro atoms. The van der Waals surface area contributed by atoms with E-state index in [0.717, 1.165) is 43.2 Å². The molecule has 2 aromatic carbocycles. The predicted molar refractivity (Wildman–Crippen MR) is 194 cm³/mol. The van der Waals surface area contributed by atoms with E-state index >= 15 is 0 Å². The van der Waals surface area contributed by atoms with Crippen LogP contribution in [0.1, 0.15) is 80.3 Å². The van der Waals surface area contributed by atoms with E-state index in [1.54, 1.807) is 32.2 Å². The van der Waals surface area contributed by atoms with E-state index < -0.39 is 38.8 Å². The zero-order valence-electron chi connectivity index (χ0n) is 29.5. The zero-order valence-corrected chi connectivity index (χ0v) is 31.1. The molecule has 1 saturated carbocycles. The number of nitrogens with one attached hydrogen (secondary N) is 2. The van der Waals surface area contributed by atoms with Gasteiger partial charge in [-0.05, 0) is 105 Å². The lowest BCUT2D eigenvalue weighted by atomic mass is 9.63. The van der Waals surface area contributed by atoms with E-state index in [0.29, 0.717) is 49.0 Å². The lowest BCUT2D eigenvalue weighted by Gasteiger charge is -2.49. The SMILES string of the molecule is CO[C@@]1(CC(=O)N[C@H]2CCOC2=O)/C=C/C[C@H](C)[C@@H](C)S(=O)(=O)NC(=O)c2ccc3c(c2)N(CCCCc2cc(Cl)ccc2CO3)C[C@@H]2CC[C@H]21. The number of cyclic esters (lactones) is 1. The molecule has 276 valence electrons. The number of methoxy groups -OCH3 is 1. The highest BCUT2D eigenvalue weighted by Gasteiger charge is 2.49. The molecule has 1 aliphatic carbocycles. The van der Waals surface area contributed by atoms with Crippen LogP contribution >= 0.6 is 11.6 Å². The standard InChI is InChI=1S/C38H48ClN3O8S/c1-24-7-6-16-38(48-3,21-35(43)40-32-15-18-49-37(32)45)31-13-10-28(31)22-42-17-5-4-8-26-19-30(39)12-9-29(26)23-50-34-14-11-27(20-33(34)42)36(44)41-51(46,47)25(24)2/h6,9,11-12,14,16,19-20,24-25,28,31-32H,4-5,7-8,10,13,15,17-18,21-23H2,1-3H3,(H,40,43)(H,41,44)/b16-6+/t24-,25+,28-,31+,32-,38+/m0/s1. The molecular formula is C38H48ClN3O8S. The average Bonchev–Trinajstić information content (AvgIpc) is 3.47. The maximum Gasteiger partial charge on any atom is 0.328 e. The molecule has 2 N–H and O–H groups in total. The summed E-state index contributed by atoms with van der Waals surface area (Å²) in [6, 6.07) is 10.2. The number of benzene rings is 2. The molecule has 2 aromatic rings. The lowest BCUT2D eigenvalue weighted by Crippen LogP contribution is -2.53. The van der Waals surface area contributed by atoms with E-state index in [9.17, 15) is 22.8 Å². The highest BCUT2D eigenvalue weighted by Crippen LogP contribution is 2.47. The van der Waals surface area contributed by atoms with Gasteiger partial charge in [-0.25, -0.2) is 17.9 Å². The monoisotopic (exact) mass is 741 g/mol. The molecule has 0 unspecified atom stereocenters. The molecule has 3 heterocycles. The van der Waals surface area contributed by atoms with Crippen molar-refractivity contribution in [2.45, 2.75) is 88.7 Å². The van der Waals surface area contributed by atoms with E-state index in [2.05, 4.69) is 14.9 Å². The van der Waals surface area contributed by atoms with Gasteiger partial charge in [0.25, 0.3) is 5.91 Å². The number of anilines is 1. The number of halogens is 1. The van der Waals surface area contributed by atoms with Gasteiger partial charge in [-0.3, -0.25) is 9.59 Å². The Morgan fingerprint density at radius 2 is 1.90 bits per heavy atom. The third-order valence-corrected chi connectivity index (χ3v) is 13.4. The normalized spacial score (nSPS) is 30.2. The Labute approximate surface area is 305 Å². The fourth-order valence-electron chi connectivity index (χ4n) is 7.78. The van der Waals surface area contributed by atoms with Gasteiger partial charge in [0, 0.05) is 37.2 Å². The van der Waals surface area contributed by atoms with Gasteiger partial charge < -0.3 is 24.4 Å². The number of fused-ring (bicyclic) bond motifs is 3. The quantitative estimate of drug-likeness (QED) is 0.314. The van der Waals surface area contributed by atoms with Gasteiger partial charge in [-0.1, -0.05) is 36.7 Å². The summed E-state index contributed by atoms with van der Waals surface area (Å²) in [7, 11) is -2.44. The third kappa shape index (κ3) is 8.23. The fraction of sp³-hybridized carbons (Fsp3) is 0.553. The summed E-state index contributed by atoms with van der Waals surface area (Å²) in [5.74, 6) is -1.15. The first-order chi connectivity index (χ1) is 24.4. The van der Waals surface area contributed by atoms with Crippen LogP contribution in [0.2, 0.25) is 5.02 Å². The van der Waals surface area contributed by atoms with Crippen molar-refractivity contribution in [3.8, 4) is 5.75 Å². The van der Waals surface area contributed by atoms with Crippen molar-refractivity contribution in [1.82, 2.24) is 10.0 Å². The van der Waals surface area contributed by atoms with Crippen LogP contribution in [0.25, 0.3) is 0 Å². The molecule has 2 amide bonds. The minimum atomic E-state index is -4.04. The number of hydrogen-bond acceptors (Lipinski definition) is 9. The fourth-order valence-corrected chi connectivity index (χ4v) is 9.26. The largest absolute Gasteiger partial charge is 0.487 e. The molecule has 2 fully saturated rings. The van der Waals surface area contributed by atoms with Gasteiger partial charge in [-0.15, -0.1) is 0 Å². The minimum Gasteiger partial charge on any atom is -0.487 e. The number of nitrogens with zero attached hydrogens (tertiary/aromatic N) is 1. The number of rotatable bonds is 4. The average molecular weight is 742 g/mol. The number of esters is 1. The number of amides is 2. The Hall–Kier alpha value is -3.61. The molecule has 0 aromatic heterocycles. The second-order valence-electron chi connectivity index (χ2n) is 14.4. The van der Waals surface area contributed by atoms with E-state index in [1.165, 1.54) is 0 Å². The second-order valence-corrected chi connectivity index (χ2v) is 16.9. The maximum absolute atomic E-state index is 13.6. The van der Waals surface area contributed by atoms with Crippen LogP contribution in [0, 0.1) is 17.8 Å². The first kappa shape index (κ1) is 37.2. The van der Waals surface area contributed by atoms with E-state index in [-0.39, 0.29) is 42.3 Å². The summed E-state index contributed by atoms with van der Waals surface area (Å²) >= 11 is 6.36. The van der Waals surface area contributed by atoms with Crippen molar-refractivity contribution in [1.29, 1.82) is 0 Å². The summed E-state index contributed by atoms with van der Waals surface area (Å²) in [5, 5.41) is 2.63. The van der Waals surface area contributed by atoms with E-state index in [4.69, 9.17) is 25.8 Å². The predicted octanol–water partition coefficient (Wildman–Crippen LogP) is 5.34. The molecule has 2 bridgehead atoms. The Kier molecular flexibility index (Phi) is 11.3. The summed E-state index contributed by atoms with van der Waals surface area (Å²) in [5.41, 5.74) is 2.09. The van der Waals surface area contributed by atoms with E-state index in [1.807, 2.05) is 37.3 Å². The van der Waals surface area contributed by atoms with Crippen LogP contribution in [0.4, 0.5) is 5.69 Å². The topological polar surface area (TPSA) is 140 Å². The molecule has 13 heteroatoms. The van der Waals surface area contributed by atoms with Gasteiger partial charge in [0.2, 0.25) is 15.9 Å². The summed E-state index contributed by atoms with van der Waals surface area (Å²) in [6.07, 6.45) is 8.91. The molecule has 4 aliphatic rings. The maximum atomic E-state index is 13.6. The zero-order chi connectivity index (χ0) is 36.3. The van der Waals surface area contributed by atoms with Gasteiger partial charge in [0.15, 0.2) is 0 Å². The number of carbonyl (C=O) groups excluding carboxylic acids is 3. The van der Waals surface area contributed by atoms with Gasteiger partial charge in [0.05, 0.1) is 29.6 Å². The molecule has 0 radical (unpaired) electrons. The van der Waals surface area contributed by atoms with Gasteiger partial charge in [-0.2, -0.15) is 0 Å². The van der Waals surface area contributed by atoms with Crippen LogP contribution in [-0.4, -0.2) is 69.9 Å². The molecule has 1 saturated heterocycles. The highest BCUT2D eigenvalue weighted by atomic mass is 35.5. The second kappa shape index (κ2) is 15.6. The summed E-state index contributed by atoms with van der Waals surface area (Å²) in [4.78, 5) is 41.5.